The summed E-state index contributed by atoms with van der Waals surface area (Å²) in [4.78, 5) is 0. The van der Waals surface area contributed by atoms with E-state index in [1.54, 1.807) is 0 Å². The molecule has 5 heteroatoms. The van der Waals surface area contributed by atoms with E-state index in [0.717, 1.165) is 31.2 Å². The molecule has 0 radical (unpaired) electrons. The first-order valence-corrected chi connectivity index (χ1v) is 7.25. The summed E-state index contributed by atoms with van der Waals surface area (Å²) in [6.45, 7) is 0. The number of hydrogen-bond donors (Lipinski definition) is 0. The minimum Gasteiger partial charge on any atom is -0.192 e. The topological polar surface area (TPSA) is 47.6 Å². The maximum Gasteiger partial charge on any atom is 0.102 e. The molecule has 1 aromatic carbocycles. The molecule has 0 spiro atoms. The molecule has 0 amide bonds. The summed E-state index contributed by atoms with van der Waals surface area (Å²) in [5.41, 5.74) is 1.11. The summed E-state index contributed by atoms with van der Waals surface area (Å²) in [5.74, 6) is 0.207. The van der Waals surface area contributed by atoms with Crippen molar-refractivity contribution in [1.82, 2.24) is 0 Å². The van der Waals surface area contributed by atoms with Crippen molar-refractivity contribution in [3.63, 3.8) is 0 Å². The fourth-order valence-electron chi connectivity index (χ4n) is 2.66. The van der Waals surface area contributed by atoms with Gasteiger partial charge < -0.3 is 0 Å². The van der Waals surface area contributed by atoms with Crippen LogP contribution in [0.1, 0.15) is 54.7 Å². The Morgan fingerprint density at radius 1 is 0.789 bits per heavy atom. The fraction of sp³-hybridized carbons (Fsp3) is 0.429. The Morgan fingerprint density at radius 3 is 1.89 bits per heavy atom. The average Bonchev–Trinajstić information content (AvgIpc) is 2.44. The van der Waals surface area contributed by atoms with Crippen LogP contribution in [0.5, 0.6) is 0 Å². The van der Waals surface area contributed by atoms with Crippen LogP contribution in [0.25, 0.3) is 0 Å². The highest BCUT2D eigenvalue weighted by Crippen LogP contribution is 2.45. The van der Waals surface area contributed by atoms with Crippen LogP contribution in [-0.2, 0) is 0 Å². The molecular weight excluding hydrogens is 303 g/mol. The molecule has 2 rings (SSSR count). The van der Waals surface area contributed by atoms with Crippen molar-refractivity contribution in [3.8, 4) is 12.1 Å². The number of halogens is 3. The van der Waals surface area contributed by atoms with E-state index >= 15 is 0 Å². The number of nitriles is 2. The van der Waals surface area contributed by atoms with Gasteiger partial charge in [-0.3, -0.25) is 0 Å². The van der Waals surface area contributed by atoms with Crippen LogP contribution in [0.15, 0.2) is 0 Å². The zero-order valence-electron chi connectivity index (χ0n) is 10.1. The number of rotatable bonds is 1. The minimum atomic E-state index is 0.0874. The molecule has 19 heavy (non-hydrogen) atoms. The highest BCUT2D eigenvalue weighted by atomic mass is 35.5. The first kappa shape index (κ1) is 14.5. The lowest BCUT2D eigenvalue weighted by molar-refractivity contribution is 0.443. The normalized spacial score (nSPS) is 15.8. The van der Waals surface area contributed by atoms with Crippen molar-refractivity contribution >= 4 is 34.8 Å². The molecule has 0 bridgehead atoms. The van der Waals surface area contributed by atoms with Crippen LogP contribution in [0, 0.1) is 22.7 Å². The second-order valence-electron chi connectivity index (χ2n) is 4.66. The van der Waals surface area contributed by atoms with Crippen molar-refractivity contribution < 1.29 is 0 Å². The molecule has 0 N–H and O–H groups in total. The Hall–Kier alpha value is -0.930. The van der Waals surface area contributed by atoms with Gasteiger partial charge in [0.05, 0.1) is 26.2 Å². The SMILES string of the molecule is N#Cc1c(Cl)c(Cl)c(C2CCCCC2)c(C#N)c1Cl. The van der Waals surface area contributed by atoms with E-state index in [0.29, 0.717) is 10.6 Å². The summed E-state index contributed by atoms with van der Waals surface area (Å²) >= 11 is 18.5. The molecule has 98 valence electrons. The van der Waals surface area contributed by atoms with Gasteiger partial charge in [0.1, 0.15) is 12.1 Å². The van der Waals surface area contributed by atoms with E-state index in [9.17, 15) is 5.26 Å². The molecule has 1 aromatic rings. The van der Waals surface area contributed by atoms with Crippen LogP contribution < -0.4 is 0 Å². The Morgan fingerprint density at radius 2 is 1.37 bits per heavy atom. The van der Waals surface area contributed by atoms with Crippen LogP contribution in [0.3, 0.4) is 0 Å². The van der Waals surface area contributed by atoms with Gasteiger partial charge in [-0.2, -0.15) is 10.5 Å². The maximum absolute atomic E-state index is 9.32. The third-order valence-corrected chi connectivity index (χ3v) is 4.84. The Bertz CT molecular complexity index is 590. The van der Waals surface area contributed by atoms with E-state index in [2.05, 4.69) is 6.07 Å². The van der Waals surface area contributed by atoms with E-state index in [4.69, 9.17) is 40.1 Å². The first-order chi connectivity index (χ1) is 9.11. The number of benzene rings is 1. The zero-order chi connectivity index (χ0) is 14.0. The fourth-order valence-corrected chi connectivity index (χ4v) is 3.57. The van der Waals surface area contributed by atoms with Gasteiger partial charge in [-0.15, -0.1) is 0 Å². The predicted molar refractivity (Wildman–Crippen MR) is 76.7 cm³/mol. The summed E-state index contributed by atoms with van der Waals surface area (Å²) in [6, 6.07) is 3.99. The van der Waals surface area contributed by atoms with Gasteiger partial charge in [-0.05, 0) is 24.3 Å². The molecule has 0 unspecified atom stereocenters. The number of hydrogen-bond acceptors (Lipinski definition) is 2. The van der Waals surface area contributed by atoms with E-state index < -0.39 is 0 Å². The molecule has 1 aliphatic carbocycles. The largest absolute Gasteiger partial charge is 0.192 e. The third-order valence-electron chi connectivity index (χ3n) is 3.59. The third kappa shape index (κ3) is 2.54. The second-order valence-corrected chi connectivity index (χ2v) is 5.80. The molecule has 0 aliphatic heterocycles. The Kier molecular flexibility index (Phi) is 4.58. The van der Waals surface area contributed by atoms with Crippen LogP contribution in [0.2, 0.25) is 15.1 Å². The molecule has 0 saturated heterocycles. The second kappa shape index (κ2) is 6.02. The molecule has 0 atom stereocenters. The summed E-state index contributed by atoms with van der Waals surface area (Å²) in [6.07, 6.45) is 5.38. The summed E-state index contributed by atoms with van der Waals surface area (Å²) in [7, 11) is 0. The van der Waals surface area contributed by atoms with Crippen molar-refractivity contribution in [2.24, 2.45) is 0 Å². The van der Waals surface area contributed by atoms with Gasteiger partial charge in [0, 0.05) is 0 Å². The lowest BCUT2D eigenvalue weighted by Gasteiger charge is -2.25. The quantitative estimate of drug-likeness (QED) is 0.648. The molecule has 1 fully saturated rings. The molecule has 0 heterocycles. The molecule has 0 aromatic heterocycles. The highest BCUT2D eigenvalue weighted by molar-refractivity contribution is 6.45. The van der Waals surface area contributed by atoms with Crippen molar-refractivity contribution in [2.45, 2.75) is 38.0 Å². The van der Waals surface area contributed by atoms with Gasteiger partial charge in [0.25, 0.3) is 0 Å². The lowest BCUT2D eigenvalue weighted by atomic mass is 9.81. The van der Waals surface area contributed by atoms with Gasteiger partial charge >= 0.3 is 0 Å². The number of nitrogens with zero attached hydrogens (tertiary/aromatic N) is 2. The first-order valence-electron chi connectivity index (χ1n) is 6.12. The van der Waals surface area contributed by atoms with Gasteiger partial charge in [-0.1, -0.05) is 54.1 Å². The van der Waals surface area contributed by atoms with Gasteiger partial charge in [0.15, 0.2) is 0 Å². The highest BCUT2D eigenvalue weighted by Gasteiger charge is 2.27. The predicted octanol–water partition coefficient (Wildman–Crippen LogP) is 5.44. The van der Waals surface area contributed by atoms with Gasteiger partial charge in [0.2, 0.25) is 0 Å². The maximum atomic E-state index is 9.32. The zero-order valence-corrected chi connectivity index (χ0v) is 12.4. The van der Waals surface area contributed by atoms with E-state index in [1.807, 2.05) is 6.07 Å². The Balaban J connectivity index is 2.67. The van der Waals surface area contributed by atoms with Crippen LogP contribution in [-0.4, -0.2) is 0 Å². The van der Waals surface area contributed by atoms with Gasteiger partial charge in [-0.25, -0.2) is 0 Å². The van der Waals surface area contributed by atoms with E-state index in [1.165, 1.54) is 6.42 Å². The van der Waals surface area contributed by atoms with Crippen molar-refractivity contribution in [1.29, 1.82) is 10.5 Å². The minimum absolute atomic E-state index is 0.0874. The average molecular weight is 314 g/mol. The smallest absolute Gasteiger partial charge is 0.102 e. The summed E-state index contributed by atoms with van der Waals surface area (Å²) < 4.78 is 0. The monoisotopic (exact) mass is 312 g/mol. The molecular formula is C14H11Cl3N2. The van der Waals surface area contributed by atoms with E-state index in [-0.39, 0.29) is 21.5 Å². The van der Waals surface area contributed by atoms with Crippen LogP contribution >= 0.6 is 34.8 Å². The molecule has 1 aliphatic rings. The standard InChI is InChI=1S/C14H11Cl3N2/c15-12-9(6-18)11(8-4-2-1-3-5-8)14(17)13(16)10(12)7-19/h8H,1-5H2. The van der Waals surface area contributed by atoms with Crippen molar-refractivity contribution in [3.05, 3.63) is 31.8 Å². The lowest BCUT2D eigenvalue weighted by Crippen LogP contribution is -2.09. The Labute approximate surface area is 127 Å². The summed E-state index contributed by atoms with van der Waals surface area (Å²) in [5, 5.41) is 19.0. The molecule has 1 saturated carbocycles. The molecule has 2 nitrogen and oxygen atoms in total. The van der Waals surface area contributed by atoms with Crippen LogP contribution in [0.4, 0.5) is 0 Å². The van der Waals surface area contributed by atoms with Crippen molar-refractivity contribution in [2.75, 3.05) is 0 Å².